The summed E-state index contributed by atoms with van der Waals surface area (Å²) in [4.78, 5) is 59.1. The highest BCUT2D eigenvalue weighted by atomic mass is 16.4. The Morgan fingerprint density at radius 3 is 2.00 bits per heavy atom. The van der Waals surface area contributed by atoms with Gasteiger partial charge in [0.25, 0.3) is 0 Å². The fourth-order valence-corrected chi connectivity index (χ4v) is 2.49. The van der Waals surface area contributed by atoms with Crippen LogP contribution in [0.5, 0.6) is 0 Å². The lowest BCUT2D eigenvalue weighted by Crippen LogP contribution is -2.58. The van der Waals surface area contributed by atoms with Gasteiger partial charge in [-0.05, 0) is 12.5 Å². The Morgan fingerprint density at radius 1 is 0.935 bits per heavy atom. The fourth-order valence-electron chi connectivity index (χ4n) is 2.49. The molecule has 31 heavy (non-hydrogen) atoms. The van der Waals surface area contributed by atoms with E-state index < -0.39 is 66.8 Å². The lowest BCUT2D eigenvalue weighted by molar-refractivity contribution is -0.142. The zero-order chi connectivity index (χ0) is 23.6. The first kappa shape index (κ1) is 25.5. The largest absolute Gasteiger partial charge is 0.480 e. The van der Waals surface area contributed by atoms with E-state index in [-0.39, 0.29) is 6.42 Å². The SMILES string of the molecule is CC(NC(=O)C(CO)NC(=O)C(Cc1ccccc1)NC(=O)C(N)CC(N)=O)C(=O)O. The van der Waals surface area contributed by atoms with E-state index in [1.54, 1.807) is 30.3 Å². The van der Waals surface area contributed by atoms with Crippen LogP contribution < -0.4 is 27.4 Å². The van der Waals surface area contributed by atoms with E-state index in [0.29, 0.717) is 5.56 Å². The first-order chi connectivity index (χ1) is 14.5. The van der Waals surface area contributed by atoms with Crippen LogP contribution in [0.25, 0.3) is 0 Å². The number of hydrogen-bond acceptors (Lipinski definition) is 7. The Kier molecular flexibility index (Phi) is 10.1. The van der Waals surface area contributed by atoms with Crippen LogP contribution in [0.2, 0.25) is 0 Å². The predicted octanol–water partition coefficient (Wildman–Crippen LogP) is -3.02. The summed E-state index contributed by atoms with van der Waals surface area (Å²) in [7, 11) is 0. The number of benzene rings is 1. The summed E-state index contributed by atoms with van der Waals surface area (Å²) in [6, 6.07) is 3.44. The predicted molar refractivity (Wildman–Crippen MR) is 108 cm³/mol. The van der Waals surface area contributed by atoms with E-state index in [4.69, 9.17) is 16.6 Å². The van der Waals surface area contributed by atoms with Crippen molar-refractivity contribution in [2.75, 3.05) is 6.61 Å². The normalized spacial score (nSPS) is 14.4. The molecule has 1 aromatic carbocycles. The monoisotopic (exact) mass is 437 g/mol. The molecule has 4 atom stereocenters. The average Bonchev–Trinajstić information content (AvgIpc) is 2.71. The van der Waals surface area contributed by atoms with Gasteiger partial charge in [0.05, 0.1) is 19.1 Å². The third-order valence-corrected chi connectivity index (χ3v) is 4.22. The number of carbonyl (C=O) groups excluding carboxylic acids is 4. The third kappa shape index (κ3) is 8.80. The number of aliphatic hydroxyl groups is 1. The van der Waals surface area contributed by atoms with Crippen molar-refractivity contribution in [1.29, 1.82) is 0 Å². The Morgan fingerprint density at radius 2 is 1.48 bits per heavy atom. The fraction of sp³-hybridized carbons (Fsp3) is 0.421. The van der Waals surface area contributed by atoms with Crippen molar-refractivity contribution in [3.8, 4) is 0 Å². The van der Waals surface area contributed by atoms with Gasteiger partial charge < -0.3 is 37.6 Å². The summed E-state index contributed by atoms with van der Waals surface area (Å²) < 4.78 is 0. The van der Waals surface area contributed by atoms with Crippen molar-refractivity contribution in [2.45, 2.75) is 43.9 Å². The molecule has 0 aromatic heterocycles. The third-order valence-electron chi connectivity index (χ3n) is 4.22. The van der Waals surface area contributed by atoms with Crippen molar-refractivity contribution in [1.82, 2.24) is 16.0 Å². The van der Waals surface area contributed by atoms with Crippen molar-refractivity contribution in [3.63, 3.8) is 0 Å². The van der Waals surface area contributed by atoms with E-state index in [1.807, 2.05) is 0 Å². The summed E-state index contributed by atoms with van der Waals surface area (Å²) in [5, 5.41) is 25.1. The minimum absolute atomic E-state index is 0.0208. The number of carboxylic acids is 1. The van der Waals surface area contributed by atoms with Gasteiger partial charge in [0.1, 0.15) is 18.1 Å². The number of primary amides is 1. The first-order valence-corrected chi connectivity index (χ1v) is 9.37. The molecule has 4 amide bonds. The summed E-state index contributed by atoms with van der Waals surface area (Å²) in [5.41, 5.74) is 11.3. The van der Waals surface area contributed by atoms with Crippen LogP contribution in [-0.4, -0.2) is 70.6 Å². The van der Waals surface area contributed by atoms with Crippen molar-refractivity contribution in [2.24, 2.45) is 11.5 Å². The second kappa shape index (κ2) is 12.2. The molecule has 12 heteroatoms. The van der Waals surface area contributed by atoms with Crippen LogP contribution in [0.1, 0.15) is 18.9 Å². The molecular weight excluding hydrogens is 410 g/mol. The molecule has 0 aliphatic heterocycles. The van der Waals surface area contributed by atoms with E-state index in [2.05, 4.69) is 16.0 Å². The minimum atomic E-state index is -1.45. The van der Waals surface area contributed by atoms with Crippen LogP contribution in [0.3, 0.4) is 0 Å². The number of nitrogens with two attached hydrogens (primary N) is 2. The molecule has 4 unspecified atom stereocenters. The van der Waals surface area contributed by atoms with Gasteiger partial charge in [0.2, 0.25) is 23.6 Å². The van der Waals surface area contributed by atoms with Gasteiger partial charge >= 0.3 is 5.97 Å². The lowest BCUT2D eigenvalue weighted by atomic mass is 10.0. The summed E-state index contributed by atoms with van der Waals surface area (Å²) in [6.07, 6.45) is -0.409. The number of carboxylic acid groups (broad SMARTS) is 1. The number of nitrogens with one attached hydrogen (secondary N) is 3. The van der Waals surface area contributed by atoms with E-state index >= 15 is 0 Å². The minimum Gasteiger partial charge on any atom is -0.480 e. The standard InChI is InChI=1S/C19H27N5O7/c1-10(19(30)31)22-18(29)14(9-25)24-17(28)13(7-11-5-3-2-4-6-11)23-16(27)12(20)8-15(21)26/h2-6,10,12-14,25H,7-9,20H2,1H3,(H2,21,26)(H,22,29)(H,23,27)(H,24,28)(H,30,31). The van der Waals surface area contributed by atoms with Crippen molar-refractivity contribution >= 4 is 29.6 Å². The molecule has 0 aliphatic carbocycles. The molecule has 0 spiro atoms. The number of aliphatic hydroxyl groups excluding tert-OH is 1. The van der Waals surface area contributed by atoms with E-state index in [9.17, 15) is 29.1 Å². The highest BCUT2D eigenvalue weighted by molar-refractivity contribution is 5.95. The van der Waals surface area contributed by atoms with Gasteiger partial charge in [-0.1, -0.05) is 30.3 Å². The smallest absolute Gasteiger partial charge is 0.325 e. The van der Waals surface area contributed by atoms with Crippen molar-refractivity contribution < 1.29 is 34.2 Å². The zero-order valence-electron chi connectivity index (χ0n) is 16.9. The zero-order valence-corrected chi connectivity index (χ0v) is 16.9. The Bertz CT molecular complexity index is 802. The molecule has 0 saturated carbocycles. The quantitative estimate of drug-likeness (QED) is 0.178. The molecule has 12 nitrogen and oxygen atoms in total. The highest BCUT2D eigenvalue weighted by Crippen LogP contribution is 2.05. The number of aliphatic carboxylic acids is 1. The summed E-state index contributed by atoms with van der Waals surface area (Å²) in [6.45, 7) is 0.409. The van der Waals surface area contributed by atoms with E-state index in [1.165, 1.54) is 6.92 Å². The van der Waals surface area contributed by atoms with Gasteiger partial charge in [-0.25, -0.2) is 0 Å². The highest BCUT2D eigenvalue weighted by Gasteiger charge is 2.29. The maximum absolute atomic E-state index is 12.8. The second-order valence-corrected chi connectivity index (χ2v) is 6.84. The molecular formula is C19H27N5O7. The topological polar surface area (TPSA) is 214 Å². The van der Waals surface area contributed by atoms with E-state index in [0.717, 1.165) is 0 Å². The van der Waals surface area contributed by atoms with Crippen LogP contribution in [0.15, 0.2) is 30.3 Å². The van der Waals surface area contributed by atoms with Crippen LogP contribution in [-0.2, 0) is 30.4 Å². The number of carbonyl (C=O) groups is 5. The second-order valence-electron chi connectivity index (χ2n) is 6.84. The average molecular weight is 437 g/mol. The Hall–Kier alpha value is -3.51. The lowest BCUT2D eigenvalue weighted by Gasteiger charge is -2.24. The maximum Gasteiger partial charge on any atom is 0.325 e. The molecule has 1 rings (SSSR count). The van der Waals surface area contributed by atoms with Crippen LogP contribution >= 0.6 is 0 Å². The van der Waals surface area contributed by atoms with Gasteiger partial charge in [-0.15, -0.1) is 0 Å². The summed E-state index contributed by atoms with van der Waals surface area (Å²) >= 11 is 0. The molecule has 0 radical (unpaired) electrons. The molecule has 0 aliphatic rings. The van der Waals surface area contributed by atoms with Crippen molar-refractivity contribution in [3.05, 3.63) is 35.9 Å². The number of amides is 4. The molecule has 1 aromatic rings. The van der Waals surface area contributed by atoms with Gasteiger partial charge in [0.15, 0.2) is 0 Å². The molecule has 0 saturated heterocycles. The first-order valence-electron chi connectivity index (χ1n) is 9.37. The molecule has 9 N–H and O–H groups in total. The maximum atomic E-state index is 12.8. The molecule has 0 heterocycles. The van der Waals surface area contributed by atoms with Gasteiger partial charge in [-0.2, -0.15) is 0 Å². The molecule has 0 bridgehead atoms. The Balaban J connectivity index is 2.95. The van der Waals surface area contributed by atoms with Crippen LogP contribution in [0, 0.1) is 0 Å². The van der Waals surface area contributed by atoms with Gasteiger partial charge in [-0.3, -0.25) is 24.0 Å². The summed E-state index contributed by atoms with van der Waals surface area (Å²) in [5.74, 6) is -4.63. The van der Waals surface area contributed by atoms with Gasteiger partial charge in [0, 0.05) is 6.42 Å². The van der Waals surface area contributed by atoms with Crippen LogP contribution in [0.4, 0.5) is 0 Å². The molecule has 0 fully saturated rings. The molecule has 170 valence electrons. The Labute approximate surface area is 178 Å². The number of rotatable bonds is 12. The number of hydrogen-bond donors (Lipinski definition) is 7.